The Bertz CT molecular complexity index is 1370. The van der Waals surface area contributed by atoms with Crippen molar-refractivity contribution in [1.82, 2.24) is 5.32 Å². The van der Waals surface area contributed by atoms with E-state index < -0.39 is 27.8 Å². The van der Waals surface area contributed by atoms with Crippen molar-refractivity contribution in [1.29, 1.82) is 0 Å². The highest BCUT2D eigenvalue weighted by atomic mass is 35.5. The summed E-state index contributed by atoms with van der Waals surface area (Å²) in [7, 11) is -4.03. The summed E-state index contributed by atoms with van der Waals surface area (Å²) < 4.78 is 46.6. The molecule has 4 rings (SSSR count). The molecule has 0 spiro atoms. The van der Waals surface area contributed by atoms with E-state index in [1.165, 1.54) is 30.3 Å². The van der Waals surface area contributed by atoms with E-state index in [9.17, 15) is 17.6 Å². The van der Waals surface area contributed by atoms with E-state index in [2.05, 4.69) is 10.0 Å². The molecule has 0 radical (unpaired) electrons. The Balaban J connectivity index is 1.56. The van der Waals surface area contributed by atoms with Crippen LogP contribution < -0.4 is 10.0 Å². The second-order valence-electron chi connectivity index (χ2n) is 7.14. The number of benzene rings is 3. The fourth-order valence-corrected chi connectivity index (χ4v) is 4.43. The molecule has 32 heavy (non-hydrogen) atoms. The van der Waals surface area contributed by atoms with E-state index in [0.29, 0.717) is 11.3 Å². The molecule has 1 atom stereocenters. The lowest BCUT2D eigenvalue weighted by molar-refractivity contribution is 0.0935. The lowest BCUT2D eigenvalue weighted by atomic mass is 10.1. The van der Waals surface area contributed by atoms with E-state index >= 15 is 0 Å². The summed E-state index contributed by atoms with van der Waals surface area (Å²) in [6.45, 7) is 1.75. The molecule has 0 aliphatic rings. The molecule has 0 aliphatic carbocycles. The highest BCUT2D eigenvalue weighted by molar-refractivity contribution is 7.92. The van der Waals surface area contributed by atoms with Gasteiger partial charge in [0.2, 0.25) is 0 Å². The number of fused-ring (bicyclic) bond motifs is 1. The SMILES string of the molecule is CC(NC(=O)c1cc(S(=O)(=O)Nc2ccc(F)cc2)ccc1Cl)c1cc2ccccc2o1. The van der Waals surface area contributed by atoms with Gasteiger partial charge in [0.15, 0.2) is 0 Å². The van der Waals surface area contributed by atoms with Crippen LogP contribution in [0.1, 0.15) is 29.1 Å². The summed E-state index contributed by atoms with van der Waals surface area (Å²) in [6.07, 6.45) is 0. The zero-order chi connectivity index (χ0) is 22.9. The maximum Gasteiger partial charge on any atom is 0.261 e. The highest BCUT2D eigenvalue weighted by Crippen LogP contribution is 2.26. The molecule has 3 aromatic carbocycles. The lowest BCUT2D eigenvalue weighted by Crippen LogP contribution is -2.27. The minimum atomic E-state index is -4.03. The number of nitrogens with one attached hydrogen (secondary N) is 2. The molecule has 9 heteroatoms. The van der Waals surface area contributed by atoms with Crippen LogP contribution in [0.4, 0.5) is 10.1 Å². The number of hydrogen-bond donors (Lipinski definition) is 2. The number of sulfonamides is 1. The molecule has 1 aromatic heterocycles. The van der Waals surface area contributed by atoms with Gasteiger partial charge in [-0.2, -0.15) is 0 Å². The van der Waals surface area contributed by atoms with Crippen molar-refractivity contribution in [3.05, 3.63) is 95.0 Å². The minimum Gasteiger partial charge on any atom is -0.459 e. The molecule has 2 N–H and O–H groups in total. The van der Waals surface area contributed by atoms with Crippen LogP contribution in [0, 0.1) is 5.82 Å². The Morgan fingerprint density at radius 1 is 1.03 bits per heavy atom. The summed E-state index contributed by atoms with van der Waals surface area (Å²) in [4.78, 5) is 12.7. The van der Waals surface area contributed by atoms with Crippen molar-refractivity contribution in [3.8, 4) is 0 Å². The van der Waals surface area contributed by atoms with Crippen LogP contribution >= 0.6 is 11.6 Å². The monoisotopic (exact) mass is 472 g/mol. The zero-order valence-corrected chi connectivity index (χ0v) is 18.4. The molecule has 1 heterocycles. The maximum absolute atomic E-state index is 13.1. The van der Waals surface area contributed by atoms with Gasteiger partial charge >= 0.3 is 0 Å². The average molecular weight is 473 g/mol. The van der Waals surface area contributed by atoms with Gasteiger partial charge < -0.3 is 9.73 Å². The molecule has 1 unspecified atom stereocenters. The van der Waals surface area contributed by atoms with Gasteiger partial charge in [-0.15, -0.1) is 0 Å². The Morgan fingerprint density at radius 2 is 1.75 bits per heavy atom. The molecular weight excluding hydrogens is 455 g/mol. The predicted octanol–water partition coefficient (Wildman–Crippen LogP) is 5.52. The first-order valence-corrected chi connectivity index (χ1v) is 11.5. The Kier molecular flexibility index (Phi) is 5.90. The number of amides is 1. The molecule has 0 saturated carbocycles. The fourth-order valence-electron chi connectivity index (χ4n) is 3.14. The van der Waals surface area contributed by atoms with Gasteiger partial charge in [-0.05, 0) is 61.5 Å². The van der Waals surface area contributed by atoms with Gasteiger partial charge in [0.25, 0.3) is 15.9 Å². The summed E-state index contributed by atoms with van der Waals surface area (Å²) in [5.41, 5.74) is 0.879. The summed E-state index contributed by atoms with van der Waals surface area (Å²) in [6, 6.07) is 17.5. The molecule has 0 aliphatic heterocycles. The van der Waals surface area contributed by atoms with E-state index in [-0.39, 0.29) is 21.2 Å². The van der Waals surface area contributed by atoms with Gasteiger partial charge in [-0.25, -0.2) is 12.8 Å². The quantitative estimate of drug-likeness (QED) is 0.387. The maximum atomic E-state index is 13.1. The van der Waals surface area contributed by atoms with Crippen LogP contribution in [0.25, 0.3) is 11.0 Å². The molecule has 0 bridgehead atoms. The number of halogens is 2. The molecule has 1 amide bonds. The van der Waals surface area contributed by atoms with Crippen molar-refractivity contribution in [2.45, 2.75) is 17.9 Å². The van der Waals surface area contributed by atoms with E-state index in [4.69, 9.17) is 16.0 Å². The summed E-state index contributed by atoms with van der Waals surface area (Å²) in [5.74, 6) is -0.490. The minimum absolute atomic E-state index is 0.00314. The smallest absolute Gasteiger partial charge is 0.261 e. The van der Waals surface area contributed by atoms with Crippen molar-refractivity contribution in [2.75, 3.05) is 4.72 Å². The fraction of sp³-hybridized carbons (Fsp3) is 0.0870. The molecular formula is C23H18ClFN2O4S. The van der Waals surface area contributed by atoms with E-state index in [1.54, 1.807) is 6.92 Å². The van der Waals surface area contributed by atoms with Gasteiger partial charge in [0, 0.05) is 11.1 Å². The van der Waals surface area contributed by atoms with Gasteiger partial charge in [0.05, 0.1) is 21.5 Å². The Hall–Kier alpha value is -3.36. The number of hydrogen-bond acceptors (Lipinski definition) is 4. The second-order valence-corrected chi connectivity index (χ2v) is 9.23. The zero-order valence-electron chi connectivity index (χ0n) is 16.8. The highest BCUT2D eigenvalue weighted by Gasteiger charge is 2.21. The first-order chi connectivity index (χ1) is 15.2. The van der Waals surface area contributed by atoms with E-state index in [1.807, 2.05) is 30.3 Å². The van der Waals surface area contributed by atoms with Crippen molar-refractivity contribution >= 4 is 44.2 Å². The number of para-hydroxylation sites is 1. The number of anilines is 1. The molecule has 164 valence electrons. The molecule has 0 saturated heterocycles. The number of rotatable bonds is 6. The number of carbonyl (C=O) groups excluding carboxylic acids is 1. The van der Waals surface area contributed by atoms with Gasteiger partial charge in [-0.3, -0.25) is 9.52 Å². The first kappa shape index (κ1) is 21.9. The second kappa shape index (κ2) is 8.64. The third kappa shape index (κ3) is 4.61. The van der Waals surface area contributed by atoms with Crippen LogP contribution in [0.5, 0.6) is 0 Å². The van der Waals surface area contributed by atoms with E-state index in [0.717, 1.165) is 17.5 Å². The lowest BCUT2D eigenvalue weighted by Gasteiger charge is -2.14. The Labute approximate surface area is 189 Å². The standard InChI is InChI=1S/C23H18ClFN2O4S/c1-14(22-12-15-4-2-3-5-21(15)31-22)26-23(28)19-13-18(10-11-20(19)24)32(29,30)27-17-8-6-16(25)7-9-17/h2-14,27H,1H3,(H,26,28). The van der Waals surface area contributed by atoms with Crippen LogP contribution in [0.3, 0.4) is 0 Å². The Morgan fingerprint density at radius 3 is 2.47 bits per heavy atom. The van der Waals surface area contributed by atoms with Crippen molar-refractivity contribution < 1.29 is 22.0 Å². The topological polar surface area (TPSA) is 88.4 Å². The largest absolute Gasteiger partial charge is 0.459 e. The molecule has 0 fully saturated rings. The van der Waals surface area contributed by atoms with Crippen molar-refractivity contribution in [3.63, 3.8) is 0 Å². The molecule has 6 nitrogen and oxygen atoms in total. The third-order valence-corrected chi connectivity index (χ3v) is 6.52. The van der Waals surface area contributed by atoms with Crippen molar-refractivity contribution in [2.24, 2.45) is 0 Å². The average Bonchev–Trinajstić information content (AvgIpc) is 3.20. The summed E-state index contributed by atoms with van der Waals surface area (Å²) >= 11 is 6.17. The van der Waals surface area contributed by atoms with Crippen LogP contribution in [0.15, 0.2) is 82.1 Å². The number of furan rings is 1. The summed E-state index contributed by atoms with van der Waals surface area (Å²) in [5, 5.41) is 3.78. The van der Waals surface area contributed by atoms with Crippen LogP contribution in [-0.2, 0) is 10.0 Å². The predicted molar refractivity (Wildman–Crippen MR) is 121 cm³/mol. The van der Waals surface area contributed by atoms with Crippen LogP contribution in [-0.4, -0.2) is 14.3 Å². The number of carbonyl (C=O) groups is 1. The van der Waals surface area contributed by atoms with Gasteiger partial charge in [-0.1, -0.05) is 29.8 Å². The third-order valence-electron chi connectivity index (χ3n) is 4.81. The van der Waals surface area contributed by atoms with Gasteiger partial charge in [0.1, 0.15) is 17.2 Å². The first-order valence-electron chi connectivity index (χ1n) is 9.60. The normalized spacial score (nSPS) is 12.5. The van der Waals surface area contributed by atoms with Crippen LogP contribution in [0.2, 0.25) is 5.02 Å². The molecule has 4 aromatic rings.